The third-order valence-electron chi connectivity index (χ3n) is 3.53. The fourth-order valence-electron chi connectivity index (χ4n) is 2.35. The zero-order valence-corrected chi connectivity index (χ0v) is 13.4. The average molecular weight is 316 g/mol. The van der Waals surface area contributed by atoms with Gasteiger partial charge in [0.05, 0.1) is 0 Å². The minimum absolute atomic E-state index is 0.104. The van der Waals surface area contributed by atoms with Crippen molar-refractivity contribution in [2.75, 3.05) is 23.3 Å². The SMILES string of the molecule is CCN(CC)c1ccc(NC(=O)c2nn(C)cc2C(=O)O)cc1. The van der Waals surface area contributed by atoms with Crippen LogP contribution in [0.2, 0.25) is 0 Å². The highest BCUT2D eigenvalue weighted by atomic mass is 16.4. The Hall–Kier alpha value is -2.83. The van der Waals surface area contributed by atoms with Gasteiger partial charge in [0.25, 0.3) is 5.91 Å². The van der Waals surface area contributed by atoms with Crippen molar-refractivity contribution in [1.82, 2.24) is 9.78 Å². The molecule has 122 valence electrons. The van der Waals surface area contributed by atoms with E-state index >= 15 is 0 Å². The molecule has 7 nitrogen and oxygen atoms in total. The van der Waals surface area contributed by atoms with Crippen LogP contribution in [0, 0.1) is 0 Å². The molecule has 0 aliphatic carbocycles. The zero-order valence-electron chi connectivity index (χ0n) is 13.4. The van der Waals surface area contributed by atoms with Crippen LogP contribution in [-0.2, 0) is 7.05 Å². The summed E-state index contributed by atoms with van der Waals surface area (Å²) in [5.74, 6) is -1.72. The van der Waals surface area contributed by atoms with Crippen molar-refractivity contribution < 1.29 is 14.7 Å². The van der Waals surface area contributed by atoms with E-state index in [2.05, 4.69) is 29.2 Å². The summed E-state index contributed by atoms with van der Waals surface area (Å²) in [5, 5.41) is 15.7. The number of carboxylic acids is 1. The molecule has 0 unspecified atom stereocenters. The van der Waals surface area contributed by atoms with Crippen LogP contribution in [0.5, 0.6) is 0 Å². The largest absolute Gasteiger partial charge is 0.478 e. The standard InChI is InChI=1S/C16H20N4O3/c1-4-20(5-2)12-8-6-11(7-9-12)17-15(21)14-13(16(22)23)10-19(3)18-14/h6-10H,4-5H2,1-3H3,(H,17,21)(H,22,23). The number of aryl methyl sites for hydroxylation is 1. The normalized spacial score (nSPS) is 10.4. The molecule has 0 atom stereocenters. The minimum Gasteiger partial charge on any atom is -0.478 e. The number of carboxylic acid groups (broad SMARTS) is 1. The summed E-state index contributed by atoms with van der Waals surface area (Å²) in [6.07, 6.45) is 1.31. The van der Waals surface area contributed by atoms with Crippen LogP contribution in [0.3, 0.4) is 0 Å². The number of hydrogen-bond acceptors (Lipinski definition) is 4. The van der Waals surface area contributed by atoms with Crippen LogP contribution in [0.15, 0.2) is 30.5 Å². The van der Waals surface area contributed by atoms with E-state index in [1.165, 1.54) is 10.9 Å². The van der Waals surface area contributed by atoms with E-state index in [4.69, 9.17) is 5.11 Å². The van der Waals surface area contributed by atoms with Crippen molar-refractivity contribution in [3.63, 3.8) is 0 Å². The molecule has 1 aromatic heterocycles. The second-order valence-corrected chi connectivity index (χ2v) is 5.04. The number of nitrogens with one attached hydrogen (secondary N) is 1. The van der Waals surface area contributed by atoms with Gasteiger partial charge in [-0.15, -0.1) is 0 Å². The smallest absolute Gasteiger partial charge is 0.339 e. The van der Waals surface area contributed by atoms with E-state index < -0.39 is 11.9 Å². The molecule has 0 fully saturated rings. The molecule has 7 heteroatoms. The number of benzene rings is 1. The van der Waals surface area contributed by atoms with Crippen molar-refractivity contribution in [2.24, 2.45) is 7.05 Å². The van der Waals surface area contributed by atoms with E-state index in [1.54, 1.807) is 19.2 Å². The molecular weight excluding hydrogens is 296 g/mol. The predicted octanol–water partition coefficient (Wildman–Crippen LogP) is 2.22. The summed E-state index contributed by atoms with van der Waals surface area (Å²) in [6, 6.07) is 7.40. The minimum atomic E-state index is -1.18. The fraction of sp³-hybridized carbons (Fsp3) is 0.312. The lowest BCUT2D eigenvalue weighted by Crippen LogP contribution is -2.21. The van der Waals surface area contributed by atoms with Gasteiger partial charge >= 0.3 is 5.97 Å². The Kier molecular flexibility index (Phi) is 5.00. The van der Waals surface area contributed by atoms with Gasteiger partial charge in [0.1, 0.15) is 5.56 Å². The maximum Gasteiger partial charge on any atom is 0.339 e. The molecule has 1 amide bonds. The van der Waals surface area contributed by atoms with E-state index in [-0.39, 0.29) is 11.3 Å². The first-order chi connectivity index (χ1) is 11.0. The second kappa shape index (κ2) is 6.95. The van der Waals surface area contributed by atoms with Crippen molar-refractivity contribution in [3.8, 4) is 0 Å². The van der Waals surface area contributed by atoms with E-state index in [0.717, 1.165) is 18.8 Å². The highest BCUT2D eigenvalue weighted by molar-refractivity contribution is 6.09. The van der Waals surface area contributed by atoms with Crippen molar-refractivity contribution in [3.05, 3.63) is 41.7 Å². The maximum absolute atomic E-state index is 12.2. The Morgan fingerprint density at radius 3 is 2.35 bits per heavy atom. The molecule has 0 radical (unpaired) electrons. The van der Waals surface area contributed by atoms with Gasteiger partial charge in [-0.25, -0.2) is 4.79 Å². The summed E-state index contributed by atoms with van der Waals surface area (Å²) in [4.78, 5) is 25.5. The van der Waals surface area contributed by atoms with E-state index in [0.29, 0.717) is 5.69 Å². The lowest BCUT2D eigenvalue weighted by atomic mass is 10.2. The first-order valence-corrected chi connectivity index (χ1v) is 7.39. The van der Waals surface area contributed by atoms with E-state index in [9.17, 15) is 9.59 Å². The van der Waals surface area contributed by atoms with E-state index in [1.807, 2.05) is 12.1 Å². The van der Waals surface area contributed by atoms with Gasteiger partial charge < -0.3 is 15.3 Å². The molecule has 0 bridgehead atoms. The van der Waals surface area contributed by atoms with Crippen LogP contribution >= 0.6 is 0 Å². The van der Waals surface area contributed by atoms with Crippen molar-refractivity contribution >= 4 is 23.3 Å². The molecule has 0 spiro atoms. The molecule has 2 aromatic rings. The molecule has 2 rings (SSSR count). The summed E-state index contributed by atoms with van der Waals surface area (Å²) >= 11 is 0. The molecule has 1 aromatic carbocycles. The number of aromatic nitrogens is 2. The molecule has 23 heavy (non-hydrogen) atoms. The highest BCUT2D eigenvalue weighted by Crippen LogP contribution is 2.18. The Bertz CT molecular complexity index is 703. The molecule has 0 saturated carbocycles. The Labute approximate surface area is 134 Å². The number of amides is 1. The number of rotatable bonds is 6. The van der Waals surface area contributed by atoms with Gasteiger partial charge in [-0.1, -0.05) is 0 Å². The maximum atomic E-state index is 12.2. The van der Waals surface area contributed by atoms with Crippen LogP contribution in [0.25, 0.3) is 0 Å². The quantitative estimate of drug-likeness (QED) is 0.853. The summed E-state index contributed by atoms with van der Waals surface area (Å²) in [5.41, 5.74) is 1.43. The van der Waals surface area contributed by atoms with Gasteiger partial charge in [0.15, 0.2) is 5.69 Å². The van der Waals surface area contributed by atoms with Crippen molar-refractivity contribution in [1.29, 1.82) is 0 Å². The Balaban J connectivity index is 2.16. The lowest BCUT2D eigenvalue weighted by Gasteiger charge is -2.21. The molecule has 2 N–H and O–H groups in total. The van der Waals surface area contributed by atoms with Crippen LogP contribution in [-0.4, -0.2) is 39.9 Å². The van der Waals surface area contributed by atoms with Gasteiger partial charge in [-0.3, -0.25) is 9.48 Å². The molecule has 1 heterocycles. The Morgan fingerprint density at radius 1 is 1.22 bits per heavy atom. The molecule has 0 aliphatic rings. The number of hydrogen-bond donors (Lipinski definition) is 2. The highest BCUT2D eigenvalue weighted by Gasteiger charge is 2.21. The first-order valence-electron chi connectivity index (χ1n) is 7.39. The van der Waals surface area contributed by atoms with Gasteiger partial charge in [-0.05, 0) is 38.1 Å². The number of anilines is 2. The number of nitrogens with zero attached hydrogens (tertiary/aromatic N) is 3. The average Bonchev–Trinajstić information content (AvgIpc) is 2.92. The topological polar surface area (TPSA) is 87.5 Å². The summed E-state index contributed by atoms with van der Waals surface area (Å²) in [6.45, 7) is 5.96. The first kappa shape index (κ1) is 16.5. The van der Waals surface area contributed by atoms with Crippen molar-refractivity contribution in [2.45, 2.75) is 13.8 Å². The lowest BCUT2D eigenvalue weighted by molar-refractivity contribution is 0.0692. The van der Waals surface area contributed by atoms with Gasteiger partial charge in [0, 0.05) is 37.7 Å². The van der Waals surface area contributed by atoms with Gasteiger partial charge in [-0.2, -0.15) is 5.10 Å². The van der Waals surface area contributed by atoms with Crippen LogP contribution in [0.1, 0.15) is 34.7 Å². The second-order valence-electron chi connectivity index (χ2n) is 5.04. The monoisotopic (exact) mass is 316 g/mol. The van der Waals surface area contributed by atoms with Crippen LogP contribution in [0.4, 0.5) is 11.4 Å². The summed E-state index contributed by atoms with van der Waals surface area (Å²) < 4.78 is 1.31. The number of aromatic carboxylic acids is 1. The Morgan fingerprint density at radius 2 is 1.83 bits per heavy atom. The third-order valence-corrected chi connectivity index (χ3v) is 3.53. The molecule has 0 saturated heterocycles. The number of carbonyl (C=O) groups is 2. The molecule has 0 aliphatic heterocycles. The summed E-state index contributed by atoms with van der Waals surface area (Å²) in [7, 11) is 1.57. The molecular formula is C16H20N4O3. The van der Waals surface area contributed by atoms with Crippen LogP contribution < -0.4 is 10.2 Å². The third kappa shape index (κ3) is 3.68. The predicted molar refractivity (Wildman–Crippen MR) is 88.1 cm³/mol. The zero-order chi connectivity index (χ0) is 17.0. The fourth-order valence-corrected chi connectivity index (χ4v) is 2.35. The van der Waals surface area contributed by atoms with Gasteiger partial charge in [0.2, 0.25) is 0 Å². The number of carbonyl (C=O) groups excluding carboxylic acids is 1.